The van der Waals surface area contributed by atoms with Gasteiger partial charge in [0, 0.05) is 23.3 Å². The van der Waals surface area contributed by atoms with Crippen molar-refractivity contribution in [2.45, 2.75) is 20.0 Å². The highest BCUT2D eigenvalue weighted by molar-refractivity contribution is 14.0. The molecule has 5 nitrogen and oxygen atoms in total. The Kier molecular flexibility index (Phi) is 9.91. The average molecular weight is 485 g/mol. The van der Waals surface area contributed by atoms with Crippen molar-refractivity contribution in [3.8, 4) is 23.8 Å². The fraction of sp³-hybridized carbons (Fsp3) is 0.316. The van der Waals surface area contributed by atoms with Crippen LogP contribution in [0.15, 0.2) is 35.3 Å². The van der Waals surface area contributed by atoms with Crippen LogP contribution in [0.5, 0.6) is 11.5 Å². The maximum absolute atomic E-state index is 5.53. The number of rotatable bonds is 7. The number of terminal acetylenes is 1. The van der Waals surface area contributed by atoms with Crippen LogP contribution in [0.2, 0.25) is 0 Å². The van der Waals surface area contributed by atoms with Gasteiger partial charge in [0.05, 0.1) is 13.7 Å². The van der Waals surface area contributed by atoms with E-state index in [4.69, 9.17) is 15.9 Å². The van der Waals surface area contributed by atoms with Crippen LogP contribution in [-0.2, 0) is 13.1 Å². The standard InChI is InChI=1S/C19H23N3O2S.HI/c1-5-10-24-18-11-15(7-9-17(18)23-4)12-21-19(20-3)22-13-16-8-6-14(2)25-16;/h1,6-9,11H,10,12-13H2,2-4H3,(H2,20,21,22);1H. The van der Waals surface area contributed by atoms with Crippen molar-refractivity contribution >= 4 is 41.3 Å². The van der Waals surface area contributed by atoms with Crippen LogP contribution in [0, 0.1) is 19.3 Å². The Morgan fingerprint density at radius 3 is 2.58 bits per heavy atom. The molecule has 1 aromatic carbocycles. The van der Waals surface area contributed by atoms with E-state index in [1.807, 2.05) is 18.2 Å². The first-order chi connectivity index (χ1) is 12.2. The molecule has 0 amide bonds. The van der Waals surface area contributed by atoms with E-state index in [1.54, 1.807) is 25.5 Å². The van der Waals surface area contributed by atoms with Crippen molar-refractivity contribution < 1.29 is 9.47 Å². The molecule has 140 valence electrons. The van der Waals surface area contributed by atoms with E-state index in [2.05, 4.69) is 40.6 Å². The number of methoxy groups -OCH3 is 1. The molecule has 0 aliphatic carbocycles. The van der Waals surface area contributed by atoms with Gasteiger partial charge >= 0.3 is 0 Å². The number of aliphatic imine (C=N–C) groups is 1. The summed E-state index contributed by atoms with van der Waals surface area (Å²) >= 11 is 1.78. The fourth-order valence-corrected chi connectivity index (χ4v) is 3.05. The normalized spacial score (nSPS) is 10.5. The Labute approximate surface area is 176 Å². The maximum atomic E-state index is 5.53. The molecule has 0 radical (unpaired) electrons. The number of nitrogens with one attached hydrogen (secondary N) is 2. The van der Waals surface area contributed by atoms with Crippen molar-refractivity contribution in [3.63, 3.8) is 0 Å². The summed E-state index contributed by atoms with van der Waals surface area (Å²) in [4.78, 5) is 6.82. The molecule has 0 spiro atoms. The molecule has 0 saturated heterocycles. The van der Waals surface area contributed by atoms with Gasteiger partial charge in [-0.1, -0.05) is 12.0 Å². The average Bonchev–Trinajstić information content (AvgIpc) is 3.05. The van der Waals surface area contributed by atoms with Gasteiger partial charge in [-0.25, -0.2) is 0 Å². The summed E-state index contributed by atoms with van der Waals surface area (Å²) < 4.78 is 10.8. The van der Waals surface area contributed by atoms with E-state index in [1.165, 1.54) is 9.75 Å². The molecule has 2 N–H and O–H groups in total. The third kappa shape index (κ3) is 6.77. The number of halogens is 1. The Morgan fingerprint density at radius 2 is 1.96 bits per heavy atom. The minimum absolute atomic E-state index is 0. The largest absolute Gasteiger partial charge is 0.493 e. The maximum Gasteiger partial charge on any atom is 0.191 e. The summed E-state index contributed by atoms with van der Waals surface area (Å²) in [5.74, 6) is 4.50. The third-order valence-corrected chi connectivity index (χ3v) is 4.45. The van der Waals surface area contributed by atoms with Gasteiger partial charge < -0.3 is 20.1 Å². The van der Waals surface area contributed by atoms with Crippen LogP contribution in [0.25, 0.3) is 0 Å². The van der Waals surface area contributed by atoms with Crippen molar-refractivity contribution in [1.82, 2.24) is 10.6 Å². The lowest BCUT2D eigenvalue weighted by molar-refractivity contribution is 0.330. The van der Waals surface area contributed by atoms with Crippen LogP contribution in [0.4, 0.5) is 0 Å². The highest BCUT2D eigenvalue weighted by atomic mass is 127. The van der Waals surface area contributed by atoms with Crippen LogP contribution in [0.3, 0.4) is 0 Å². The number of guanidine groups is 1. The number of hydrogen-bond donors (Lipinski definition) is 2. The zero-order valence-electron chi connectivity index (χ0n) is 15.2. The van der Waals surface area contributed by atoms with E-state index in [9.17, 15) is 0 Å². The summed E-state index contributed by atoms with van der Waals surface area (Å²) in [6, 6.07) is 10.0. The van der Waals surface area contributed by atoms with Gasteiger partial charge in [0.1, 0.15) is 6.61 Å². The summed E-state index contributed by atoms with van der Waals surface area (Å²) in [6.45, 7) is 3.67. The third-order valence-electron chi connectivity index (χ3n) is 3.45. The highest BCUT2D eigenvalue weighted by Crippen LogP contribution is 2.27. The Balaban J connectivity index is 0.00000338. The summed E-state index contributed by atoms with van der Waals surface area (Å²) in [7, 11) is 3.36. The van der Waals surface area contributed by atoms with Crippen LogP contribution in [-0.4, -0.2) is 26.7 Å². The fourth-order valence-electron chi connectivity index (χ4n) is 2.22. The minimum Gasteiger partial charge on any atom is -0.493 e. The molecule has 2 rings (SSSR count). The Bertz CT molecular complexity index is 768. The van der Waals surface area contributed by atoms with E-state index in [-0.39, 0.29) is 30.6 Å². The number of thiophene rings is 1. The molecule has 26 heavy (non-hydrogen) atoms. The van der Waals surface area contributed by atoms with Crippen LogP contribution < -0.4 is 20.1 Å². The number of nitrogens with zero attached hydrogens (tertiary/aromatic N) is 1. The second kappa shape index (κ2) is 11.6. The van der Waals surface area contributed by atoms with Crippen molar-refractivity contribution in [3.05, 3.63) is 45.6 Å². The smallest absolute Gasteiger partial charge is 0.191 e. The number of aryl methyl sites for hydroxylation is 1. The van der Waals surface area contributed by atoms with Gasteiger partial charge in [-0.05, 0) is 36.8 Å². The lowest BCUT2D eigenvalue weighted by atomic mass is 10.2. The van der Waals surface area contributed by atoms with Gasteiger partial charge in [-0.3, -0.25) is 4.99 Å². The molecule has 0 atom stereocenters. The summed E-state index contributed by atoms with van der Waals surface area (Å²) in [6.07, 6.45) is 5.25. The summed E-state index contributed by atoms with van der Waals surface area (Å²) in [5.41, 5.74) is 1.04. The molecule has 0 aliphatic rings. The Hall–Kier alpha value is -1.92. The predicted octanol–water partition coefficient (Wildman–Crippen LogP) is 3.56. The predicted molar refractivity (Wildman–Crippen MR) is 119 cm³/mol. The first-order valence-electron chi connectivity index (χ1n) is 7.89. The molecule has 2 aromatic rings. The lowest BCUT2D eigenvalue weighted by Gasteiger charge is -2.13. The van der Waals surface area contributed by atoms with Crippen LogP contribution >= 0.6 is 35.3 Å². The molecule has 7 heteroatoms. The lowest BCUT2D eigenvalue weighted by Crippen LogP contribution is -2.36. The van der Waals surface area contributed by atoms with Crippen molar-refractivity contribution in [2.75, 3.05) is 20.8 Å². The zero-order chi connectivity index (χ0) is 18.1. The van der Waals surface area contributed by atoms with E-state index < -0.39 is 0 Å². The molecule has 1 aromatic heterocycles. The van der Waals surface area contributed by atoms with Crippen molar-refractivity contribution in [2.24, 2.45) is 4.99 Å². The van der Waals surface area contributed by atoms with Crippen molar-refractivity contribution in [1.29, 1.82) is 0 Å². The first kappa shape index (κ1) is 22.1. The van der Waals surface area contributed by atoms with Gasteiger partial charge in [0.25, 0.3) is 0 Å². The second-order valence-electron chi connectivity index (χ2n) is 5.27. The highest BCUT2D eigenvalue weighted by Gasteiger charge is 2.06. The van der Waals surface area contributed by atoms with Gasteiger partial charge in [0.15, 0.2) is 17.5 Å². The Morgan fingerprint density at radius 1 is 1.19 bits per heavy atom. The van der Waals surface area contributed by atoms with E-state index in [0.29, 0.717) is 18.0 Å². The molecule has 0 fully saturated rings. The topological polar surface area (TPSA) is 54.9 Å². The molecule has 1 heterocycles. The molecule has 0 saturated carbocycles. The molecular weight excluding hydrogens is 461 g/mol. The molecule has 0 unspecified atom stereocenters. The van der Waals surface area contributed by atoms with E-state index in [0.717, 1.165) is 18.1 Å². The number of benzene rings is 1. The summed E-state index contributed by atoms with van der Waals surface area (Å²) in [5, 5.41) is 6.60. The number of hydrogen-bond acceptors (Lipinski definition) is 4. The molecular formula is C19H24IN3O2S. The quantitative estimate of drug-likeness (QED) is 0.273. The van der Waals surface area contributed by atoms with Gasteiger partial charge in [-0.15, -0.1) is 41.7 Å². The van der Waals surface area contributed by atoms with Gasteiger partial charge in [-0.2, -0.15) is 0 Å². The van der Waals surface area contributed by atoms with Crippen LogP contribution in [0.1, 0.15) is 15.3 Å². The zero-order valence-corrected chi connectivity index (χ0v) is 18.3. The first-order valence-corrected chi connectivity index (χ1v) is 8.71. The van der Waals surface area contributed by atoms with E-state index >= 15 is 0 Å². The van der Waals surface area contributed by atoms with Gasteiger partial charge in [0.2, 0.25) is 0 Å². The SMILES string of the molecule is C#CCOc1cc(CNC(=NC)NCc2ccc(C)s2)ccc1OC.I. The number of ether oxygens (including phenoxy) is 2. The second-order valence-corrected chi connectivity index (χ2v) is 6.64. The molecule has 0 aliphatic heterocycles. The monoisotopic (exact) mass is 485 g/mol. The minimum atomic E-state index is 0. The molecule has 0 bridgehead atoms.